The number of carbonyl (C=O) groups excluding carboxylic acids is 1. The second kappa shape index (κ2) is 9.23. The molecule has 0 amide bonds. The first-order valence-corrected chi connectivity index (χ1v) is 9.69. The van der Waals surface area contributed by atoms with E-state index in [-0.39, 0.29) is 17.4 Å². The molecule has 0 aliphatic rings. The normalized spacial score (nSPS) is 12.0. The minimum atomic E-state index is -0.570. The van der Waals surface area contributed by atoms with Crippen molar-refractivity contribution in [2.75, 3.05) is 12.4 Å². The molecule has 0 saturated carbocycles. The summed E-state index contributed by atoms with van der Waals surface area (Å²) in [5.74, 6) is -0.240. The Hall–Kier alpha value is -3.35. The molecule has 0 radical (unpaired) electrons. The number of aromatic nitrogens is 3. The second-order valence-electron chi connectivity index (χ2n) is 6.87. The van der Waals surface area contributed by atoms with Gasteiger partial charge in [0.15, 0.2) is 0 Å². The molecule has 1 atom stereocenters. The highest BCUT2D eigenvalue weighted by Crippen LogP contribution is 2.32. The van der Waals surface area contributed by atoms with Gasteiger partial charge in [-0.15, -0.1) is 0 Å². The fourth-order valence-corrected chi connectivity index (χ4v) is 3.56. The number of methoxy groups -OCH3 is 1. The van der Waals surface area contributed by atoms with Gasteiger partial charge in [0.05, 0.1) is 13.2 Å². The van der Waals surface area contributed by atoms with Crippen molar-refractivity contribution in [3.63, 3.8) is 0 Å². The van der Waals surface area contributed by atoms with Crippen molar-refractivity contribution in [1.29, 1.82) is 0 Å². The lowest BCUT2D eigenvalue weighted by atomic mass is 9.89. The summed E-state index contributed by atoms with van der Waals surface area (Å²) in [5.41, 5.74) is 2.85. The predicted molar refractivity (Wildman–Crippen MR) is 111 cm³/mol. The summed E-state index contributed by atoms with van der Waals surface area (Å²) in [6, 6.07) is 13.0. The van der Waals surface area contributed by atoms with Crippen molar-refractivity contribution in [3.05, 3.63) is 66.2 Å². The van der Waals surface area contributed by atoms with Gasteiger partial charge in [0.25, 0.3) is 0 Å². The third-order valence-corrected chi connectivity index (χ3v) is 5.16. The minimum absolute atomic E-state index is 0.126. The maximum absolute atomic E-state index is 11.6. The third kappa shape index (κ3) is 4.56. The maximum Gasteiger partial charge on any atom is 0.341 e. The van der Waals surface area contributed by atoms with Crippen molar-refractivity contribution < 1.29 is 14.6 Å². The van der Waals surface area contributed by atoms with Crippen LogP contribution >= 0.6 is 0 Å². The molecule has 1 unspecified atom stereocenters. The van der Waals surface area contributed by atoms with Crippen LogP contribution < -0.4 is 5.32 Å². The van der Waals surface area contributed by atoms with E-state index in [9.17, 15) is 9.90 Å². The molecule has 1 heterocycles. The van der Waals surface area contributed by atoms with Gasteiger partial charge < -0.3 is 15.2 Å². The number of carbonyl (C=O) groups is 1. The number of phenolic OH excluding ortho intramolecular Hbond substituents is 1. The van der Waals surface area contributed by atoms with Gasteiger partial charge in [-0.05, 0) is 35.7 Å². The van der Waals surface area contributed by atoms with Crippen LogP contribution in [0, 0.1) is 5.92 Å². The SMILES string of the molecule is CCC(CC)C(c1ccc(Nc2ccc(C(=O)OC)c(O)c2)cc1)n1cncn1. The monoisotopic (exact) mass is 394 g/mol. The number of nitrogens with one attached hydrogen (secondary N) is 1. The molecular weight excluding hydrogens is 368 g/mol. The first-order chi connectivity index (χ1) is 14.1. The van der Waals surface area contributed by atoms with Crippen molar-refractivity contribution in [1.82, 2.24) is 14.8 Å². The van der Waals surface area contributed by atoms with Gasteiger partial charge in [-0.3, -0.25) is 0 Å². The summed E-state index contributed by atoms with van der Waals surface area (Å²) < 4.78 is 6.57. The van der Waals surface area contributed by atoms with Crippen LogP contribution in [0.5, 0.6) is 5.75 Å². The summed E-state index contributed by atoms with van der Waals surface area (Å²) in [6.07, 6.45) is 5.43. The number of rotatable bonds is 8. The zero-order valence-electron chi connectivity index (χ0n) is 16.9. The highest BCUT2D eigenvalue weighted by molar-refractivity contribution is 5.93. The lowest BCUT2D eigenvalue weighted by Crippen LogP contribution is -2.20. The van der Waals surface area contributed by atoms with Crippen molar-refractivity contribution in [2.45, 2.75) is 32.7 Å². The standard InChI is InChI=1S/C22H26N4O3/c1-4-15(5-2)21(26-14-23-13-24-26)16-6-8-17(9-7-16)25-18-10-11-19(20(27)12-18)22(28)29-3/h6-15,21,25,27H,4-5H2,1-3H3. The Balaban J connectivity index is 1.80. The third-order valence-electron chi connectivity index (χ3n) is 5.16. The van der Waals surface area contributed by atoms with Gasteiger partial charge in [-0.1, -0.05) is 38.8 Å². The molecule has 0 saturated heterocycles. The molecule has 0 spiro atoms. The number of phenols is 1. The van der Waals surface area contributed by atoms with E-state index >= 15 is 0 Å². The number of aromatic hydroxyl groups is 1. The zero-order chi connectivity index (χ0) is 20.8. The van der Waals surface area contributed by atoms with E-state index in [2.05, 4.69) is 46.1 Å². The minimum Gasteiger partial charge on any atom is -0.507 e. The lowest BCUT2D eigenvalue weighted by molar-refractivity contribution is 0.0597. The van der Waals surface area contributed by atoms with Crippen LogP contribution in [0.2, 0.25) is 0 Å². The molecule has 2 N–H and O–H groups in total. The average Bonchev–Trinajstić information content (AvgIpc) is 3.26. The number of hydrogen-bond donors (Lipinski definition) is 2. The van der Waals surface area contributed by atoms with E-state index in [1.807, 2.05) is 16.8 Å². The zero-order valence-corrected chi connectivity index (χ0v) is 16.9. The van der Waals surface area contributed by atoms with Gasteiger partial charge in [0.1, 0.15) is 24.0 Å². The van der Waals surface area contributed by atoms with Gasteiger partial charge in [-0.25, -0.2) is 14.5 Å². The van der Waals surface area contributed by atoms with Crippen LogP contribution in [0.1, 0.15) is 48.7 Å². The molecule has 0 aliphatic heterocycles. The number of nitrogens with zero attached hydrogens (tertiary/aromatic N) is 3. The Morgan fingerprint density at radius 1 is 1.14 bits per heavy atom. The fourth-order valence-electron chi connectivity index (χ4n) is 3.56. The maximum atomic E-state index is 11.6. The van der Waals surface area contributed by atoms with Gasteiger partial charge in [0.2, 0.25) is 0 Å². The molecule has 7 nitrogen and oxygen atoms in total. The fraction of sp³-hybridized carbons (Fsp3) is 0.318. The van der Waals surface area contributed by atoms with E-state index in [4.69, 9.17) is 0 Å². The molecule has 3 rings (SSSR count). The Labute approximate surface area is 170 Å². The summed E-state index contributed by atoms with van der Waals surface area (Å²) in [7, 11) is 1.28. The molecule has 0 bridgehead atoms. The van der Waals surface area contributed by atoms with E-state index in [1.54, 1.807) is 18.7 Å². The quantitative estimate of drug-likeness (QED) is 0.545. The van der Waals surface area contributed by atoms with Crippen molar-refractivity contribution in [2.24, 2.45) is 5.92 Å². The van der Waals surface area contributed by atoms with Crippen LogP contribution in [0.15, 0.2) is 55.1 Å². The summed E-state index contributed by atoms with van der Waals surface area (Å²) in [4.78, 5) is 15.7. The topological polar surface area (TPSA) is 89.3 Å². The Bertz CT molecular complexity index is 935. The molecule has 152 valence electrons. The largest absolute Gasteiger partial charge is 0.507 e. The highest BCUT2D eigenvalue weighted by Gasteiger charge is 2.23. The Morgan fingerprint density at radius 3 is 2.38 bits per heavy atom. The lowest BCUT2D eigenvalue weighted by Gasteiger charge is -2.26. The second-order valence-corrected chi connectivity index (χ2v) is 6.87. The van der Waals surface area contributed by atoms with Crippen LogP contribution in [0.4, 0.5) is 11.4 Å². The van der Waals surface area contributed by atoms with Gasteiger partial charge in [0, 0.05) is 17.4 Å². The number of hydrogen-bond acceptors (Lipinski definition) is 6. The smallest absolute Gasteiger partial charge is 0.341 e. The van der Waals surface area contributed by atoms with E-state index in [0.717, 1.165) is 18.5 Å². The molecule has 29 heavy (non-hydrogen) atoms. The van der Waals surface area contributed by atoms with E-state index in [0.29, 0.717) is 11.6 Å². The summed E-state index contributed by atoms with van der Waals surface area (Å²) in [6.45, 7) is 4.39. The highest BCUT2D eigenvalue weighted by atomic mass is 16.5. The van der Waals surface area contributed by atoms with Crippen LogP contribution in [-0.2, 0) is 4.74 Å². The van der Waals surface area contributed by atoms with Gasteiger partial charge >= 0.3 is 5.97 Å². The van der Waals surface area contributed by atoms with E-state index < -0.39 is 5.97 Å². The first kappa shape index (κ1) is 20.4. The molecule has 2 aromatic carbocycles. The van der Waals surface area contributed by atoms with Crippen molar-refractivity contribution >= 4 is 17.3 Å². The van der Waals surface area contributed by atoms with Crippen LogP contribution in [-0.4, -0.2) is 33.0 Å². The molecule has 0 aliphatic carbocycles. The molecule has 1 aromatic heterocycles. The van der Waals surface area contributed by atoms with E-state index in [1.165, 1.54) is 24.8 Å². The van der Waals surface area contributed by atoms with Crippen LogP contribution in [0.25, 0.3) is 0 Å². The number of anilines is 2. The number of benzene rings is 2. The molecular formula is C22H26N4O3. The van der Waals surface area contributed by atoms with Crippen LogP contribution in [0.3, 0.4) is 0 Å². The predicted octanol–water partition coefficient (Wildman–Crippen LogP) is 4.54. The average molecular weight is 394 g/mol. The molecule has 7 heteroatoms. The molecule has 3 aromatic rings. The Morgan fingerprint density at radius 2 is 1.83 bits per heavy atom. The van der Waals surface area contributed by atoms with Crippen molar-refractivity contribution in [3.8, 4) is 5.75 Å². The van der Waals surface area contributed by atoms with Gasteiger partial charge in [-0.2, -0.15) is 5.10 Å². The summed E-state index contributed by atoms with van der Waals surface area (Å²) >= 11 is 0. The summed E-state index contributed by atoms with van der Waals surface area (Å²) in [5, 5.41) is 17.7. The molecule has 0 fully saturated rings. The number of ether oxygens (including phenoxy) is 1. The first-order valence-electron chi connectivity index (χ1n) is 9.69. The Kier molecular flexibility index (Phi) is 6.49. The number of esters is 1.